The number of alkyl halides is 6. The highest BCUT2D eigenvalue weighted by molar-refractivity contribution is 7.88. The molecule has 0 unspecified atom stereocenters. The van der Waals surface area contributed by atoms with Gasteiger partial charge in [-0.15, -0.1) is 15.0 Å². The third kappa shape index (κ3) is 5.86. The summed E-state index contributed by atoms with van der Waals surface area (Å²) in [4.78, 5) is 14.1. The lowest BCUT2D eigenvalue weighted by atomic mass is 10.0. The maximum atomic E-state index is 12.9. The molecule has 0 saturated carbocycles. The summed E-state index contributed by atoms with van der Waals surface area (Å²) in [6.45, 7) is 1.19. The number of carbonyl (C=O) groups is 1. The lowest BCUT2D eigenvalue weighted by Crippen LogP contribution is -2.44. The van der Waals surface area contributed by atoms with Gasteiger partial charge in [-0.1, -0.05) is 0 Å². The second-order valence-corrected chi connectivity index (χ2v) is 7.52. The molecule has 2 aromatic rings. The van der Waals surface area contributed by atoms with Gasteiger partial charge in [-0.2, -0.15) is 31.1 Å². The Labute approximate surface area is 159 Å². The molecule has 0 bridgehead atoms. The van der Waals surface area contributed by atoms with Crippen LogP contribution >= 0.6 is 0 Å². The molecule has 160 valence electrons. The second kappa shape index (κ2) is 7.58. The van der Waals surface area contributed by atoms with Crippen LogP contribution in [-0.4, -0.2) is 40.8 Å². The summed E-state index contributed by atoms with van der Waals surface area (Å²) in [6, 6.07) is -0.529. The third-order valence-corrected chi connectivity index (χ3v) is 3.83. The van der Waals surface area contributed by atoms with Crippen LogP contribution in [0, 0.1) is 0 Å². The number of benzene rings is 1. The van der Waals surface area contributed by atoms with Crippen molar-refractivity contribution < 1.29 is 39.6 Å². The zero-order valence-corrected chi connectivity index (χ0v) is 15.3. The Bertz CT molecular complexity index is 985. The molecule has 1 aromatic carbocycles. The third-order valence-electron chi connectivity index (χ3n) is 3.36. The number of rotatable bonds is 5. The Morgan fingerprint density at radius 1 is 1.07 bits per heavy atom. The van der Waals surface area contributed by atoms with E-state index in [-0.39, 0.29) is 6.07 Å². The van der Waals surface area contributed by atoms with Gasteiger partial charge in [0.15, 0.2) is 6.04 Å². The molecule has 2 rings (SSSR count). The van der Waals surface area contributed by atoms with Crippen molar-refractivity contribution in [3.63, 3.8) is 0 Å². The molecule has 0 radical (unpaired) electrons. The van der Waals surface area contributed by atoms with Gasteiger partial charge in [0.25, 0.3) is 5.91 Å². The highest BCUT2D eigenvalue weighted by Gasteiger charge is 2.37. The predicted octanol–water partition coefficient (Wildman–Crippen LogP) is 1.52. The van der Waals surface area contributed by atoms with E-state index in [9.17, 15) is 39.6 Å². The molecular formula is C13H12F6N6O3S. The number of tetrazole rings is 1. The van der Waals surface area contributed by atoms with E-state index in [4.69, 9.17) is 0 Å². The molecule has 16 heteroatoms. The number of hydrogen-bond acceptors (Lipinski definition) is 6. The van der Waals surface area contributed by atoms with Crippen LogP contribution in [0.3, 0.4) is 0 Å². The molecule has 1 heterocycles. The first-order chi connectivity index (χ1) is 13.1. The molecule has 0 aliphatic carbocycles. The van der Waals surface area contributed by atoms with Gasteiger partial charge in [0, 0.05) is 5.56 Å². The maximum Gasteiger partial charge on any atom is 0.416 e. The van der Waals surface area contributed by atoms with E-state index in [1.807, 2.05) is 5.43 Å². The van der Waals surface area contributed by atoms with Gasteiger partial charge in [-0.3, -0.25) is 10.2 Å². The average Bonchev–Trinajstić information content (AvgIpc) is 3.06. The molecular weight excluding hydrogens is 434 g/mol. The van der Waals surface area contributed by atoms with Crippen LogP contribution in [0.15, 0.2) is 18.2 Å². The number of sulfonamides is 1. The largest absolute Gasteiger partial charge is 0.416 e. The van der Waals surface area contributed by atoms with Crippen LogP contribution in [0.4, 0.5) is 26.3 Å². The van der Waals surface area contributed by atoms with Crippen molar-refractivity contribution in [1.82, 2.24) is 30.5 Å². The van der Waals surface area contributed by atoms with Gasteiger partial charge in [0.2, 0.25) is 15.8 Å². The zero-order valence-electron chi connectivity index (χ0n) is 14.5. The molecule has 0 aliphatic rings. The van der Waals surface area contributed by atoms with Gasteiger partial charge in [0.1, 0.15) is 0 Å². The van der Waals surface area contributed by atoms with Gasteiger partial charge < -0.3 is 0 Å². The van der Waals surface area contributed by atoms with Crippen molar-refractivity contribution in [1.29, 1.82) is 0 Å². The molecule has 29 heavy (non-hydrogen) atoms. The monoisotopic (exact) mass is 446 g/mol. The van der Waals surface area contributed by atoms with Crippen LogP contribution in [0.5, 0.6) is 0 Å². The van der Waals surface area contributed by atoms with Crippen LogP contribution in [0.25, 0.3) is 11.4 Å². The fourth-order valence-electron chi connectivity index (χ4n) is 1.94. The van der Waals surface area contributed by atoms with Gasteiger partial charge in [-0.25, -0.2) is 8.42 Å². The van der Waals surface area contributed by atoms with Gasteiger partial charge in [0.05, 0.1) is 17.4 Å². The molecule has 0 spiro atoms. The first kappa shape index (κ1) is 22.5. The Morgan fingerprint density at radius 3 is 2.03 bits per heavy atom. The van der Waals surface area contributed by atoms with Crippen molar-refractivity contribution in [2.45, 2.75) is 25.3 Å². The number of halogens is 6. The smallest absolute Gasteiger partial charge is 0.276 e. The minimum absolute atomic E-state index is 0.0547. The normalized spacial score (nSPS) is 13.9. The number of hydrazine groups is 1. The molecule has 9 nitrogen and oxygen atoms in total. The molecule has 1 amide bonds. The Kier molecular flexibility index (Phi) is 5.89. The van der Waals surface area contributed by atoms with E-state index < -0.39 is 56.8 Å². The van der Waals surface area contributed by atoms with Crippen LogP contribution in [-0.2, 0) is 27.2 Å². The quantitative estimate of drug-likeness (QED) is 0.531. The van der Waals surface area contributed by atoms with E-state index in [2.05, 4.69) is 15.4 Å². The summed E-state index contributed by atoms with van der Waals surface area (Å²) in [5, 5.41) is 10.4. The van der Waals surface area contributed by atoms with E-state index in [1.165, 1.54) is 6.92 Å². The Hall–Kier alpha value is -2.75. The fourth-order valence-corrected chi connectivity index (χ4v) is 2.23. The summed E-state index contributed by atoms with van der Waals surface area (Å²) < 4.78 is 99.5. The van der Waals surface area contributed by atoms with E-state index in [0.29, 0.717) is 16.9 Å². The summed E-state index contributed by atoms with van der Waals surface area (Å²) >= 11 is 0. The van der Waals surface area contributed by atoms with E-state index >= 15 is 0 Å². The fraction of sp³-hybridized carbons (Fsp3) is 0.385. The van der Waals surface area contributed by atoms with Crippen molar-refractivity contribution in [3.05, 3.63) is 29.3 Å². The molecule has 1 aromatic heterocycles. The molecule has 0 saturated heterocycles. The summed E-state index contributed by atoms with van der Waals surface area (Å²) in [5.74, 6) is -1.56. The Morgan fingerprint density at radius 2 is 1.59 bits per heavy atom. The van der Waals surface area contributed by atoms with E-state index in [1.54, 1.807) is 4.83 Å². The van der Waals surface area contributed by atoms with Crippen LogP contribution < -0.4 is 10.3 Å². The summed E-state index contributed by atoms with van der Waals surface area (Å²) in [7, 11) is -3.77. The number of amides is 1. The molecule has 2 N–H and O–H groups in total. The van der Waals surface area contributed by atoms with Crippen molar-refractivity contribution in [3.8, 4) is 11.4 Å². The van der Waals surface area contributed by atoms with Crippen LogP contribution in [0.2, 0.25) is 0 Å². The average molecular weight is 446 g/mol. The van der Waals surface area contributed by atoms with Gasteiger partial charge >= 0.3 is 12.4 Å². The van der Waals surface area contributed by atoms with Crippen molar-refractivity contribution in [2.24, 2.45) is 0 Å². The van der Waals surface area contributed by atoms with Crippen molar-refractivity contribution >= 4 is 15.9 Å². The summed E-state index contributed by atoms with van der Waals surface area (Å²) in [6.07, 6.45) is -9.36. The lowest BCUT2D eigenvalue weighted by molar-refractivity contribution is -0.143. The van der Waals surface area contributed by atoms with Gasteiger partial charge in [-0.05, 0) is 30.3 Å². The zero-order chi connectivity index (χ0) is 22.2. The minimum Gasteiger partial charge on any atom is -0.276 e. The minimum atomic E-state index is -5.06. The molecule has 1 atom stereocenters. The number of carbonyl (C=O) groups excluding carboxylic acids is 1. The van der Waals surface area contributed by atoms with Crippen molar-refractivity contribution in [2.75, 3.05) is 6.26 Å². The highest BCUT2D eigenvalue weighted by atomic mass is 32.2. The lowest BCUT2D eigenvalue weighted by Gasteiger charge is -2.13. The number of aromatic nitrogens is 4. The number of hydrogen-bond donors (Lipinski definition) is 2. The maximum absolute atomic E-state index is 12.9. The highest BCUT2D eigenvalue weighted by Crippen LogP contribution is 2.37. The predicted molar refractivity (Wildman–Crippen MR) is 84.1 cm³/mol. The van der Waals surface area contributed by atoms with Crippen LogP contribution in [0.1, 0.15) is 24.1 Å². The SMILES string of the molecule is C[C@H](C(=O)NNS(C)(=O)=O)n1nnc(-c2cc(C(F)(F)F)cc(C(F)(F)F)c2)n1. The Balaban J connectivity index is 2.37. The number of nitrogens with one attached hydrogen (secondary N) is 2. The summed E-state index contributed by atoms with van der Waals surface area (Å²) in [5.41, 5.74) is -1.94. The first-order valence-electron chi connectivity index (χ1n) is 7.44. The first-order valence-corrected chi connectivity index (χ1v) is 9.33. The standard InChI is InChI=1S/C13H12F6N6O3S/c1-6(11(26)21-24-29(2,27)28)25-22-10(20-23-25)7-3-8(12(14,15)16)5-9(4-7)13(17,18)19/h3-6,24H,1-2H3,(H,21,26)/t6-/m1/s1. The number of nitrogens with zero attached hydrogens (tertiary/aromatic N) is 4. The second-order valence-electron chi connectivity index (χ2n) is 5.77. The van der Waals surface area contributed by atoms with E-state index in [0.717, 1.165) is 6.26 Å². The molecule has 0 aliphatic heterocycles. The molecule has 0 fully saturated rings. The topological polar surface area (TPSA) is 119 Å².